The monoisotopic (exact) mass is 126 g/mol. The first kappa shape index (κ1) is 8.21. The molecule has 0 fully saturated rings. The van der Waals surface area contributed by atoms with E-state index in [-0.39, 0.29) is 0 Å². The van der Waals surface area contributed by atoms with E-state index in [0.29, 0.717) is 6.04 Å². The molecule has 0 aromatic rings. The summed E-state index contributed by atoms with van der Waals surface area (Å²) in [4.78, 5) is 3.78. The Labute approximate surface area is 56.7 Å². The highest BCUT2D eigenvalue weighted by molar-refractivity contribution is 5.70. The van der Waals surface area contributed by atoms with Gasteiger partial charge in [-0.3, -0.25) is 4.99 Å². The van der Waals surface area contributed by atoms with Crippen LogP contribution in [0.4, 0.5) is 0 Å². The number of hydrogen-bond acceptors (Lipinski definition) is 2. The molecule has 0 saturated heterocycles. The van der Waals surface area contributed by atoms with Crippen molar-refractivity contribution < 1.29 is 0 Å². The fourth-order valence-electron chi connectivity index (χ4n) is 0.377. The first-order chi connectivity index (χ1) is 4.27. The summed E-state index contributed by atoms with van der Waals surface area (Å²) in [5.41, 5.74) is 0. The molecule has 0 spiro atoms. The van der Waals surface area contributed by atoms with Crippen molar-refractivity contribution in [2.75, 3.05) is 7.05 Å². The molecule has 2 nitrogen and oxygen atoms in total. The minimum atomic E-state index is 0.506. The first-order valence-corrected chi connectivity index (χ1v) is 3.10. The van der Waals surface area contributed by atoms with Gasteiger partial charge in [0.1, 0.15) is 0 Å². The van der Waals surface area contributed by atoms with E-state index in [2.05, 4.69) is 24.2 Å². The molecule has 0 aromatic heterocycles. The Morgan fingerprint density at radius 3 is 2.56 bits per heavy atom. The van der Waals surface area contributed by atoms with Crippen LogP contribution in [0, 0.1) is 0 Å². The molecule has 0 amide bonds. The molecule has 0 heterocycles. The van der Waals surface area contributed by atoms with Crippen LogP contribution in [-0.4, -0.2) is 19.3 Å². The molecule has 0 atom stereocenters. The third-order valence-electron chi connectivity index (χ3n) is 0.761. The molecule has 2 heteroatoms. The fraction of sp³-hybridized carbons (Fsp3) is 0.571. The molecule has 0 aliphatic rings. The second kappa shape index (κ2) is 5.35. The van der Waals surface area contributed by atoms with Crippen LogP contribution in [0.1, 0.15) is 13.8 Å². The number of nitrogens with zero attached hydrogens (tertiary/aromatic N) is 1. The van der Waals surface area contributed by atoms with Gasteiger partial charge in [0.2, 0.25) is 0 Å². The Hall–Kier alpha value is -0.790. The Bertz CT molecular complexity index is 103. The Kier molecular flexibility index (Phi) is 4.88. The smallest absolute Gasteiger partial charge is 0.0277 e. The molecule has 0 bridgehead atoms. The van der Waals surface area contributed by atoms with Crippen molar-refractivity contribution in [3.8, 4) is 0 Å². The fourth-order valence-corrected chi connectivity index (χ4v) is 0.377. The van der Waals surface area contributed by atoms with Crippen molar-refractivity contribution >= 4 is 6.21 Å². The number of aliphatic imine (C=N–C) groups is 1. The molecule has 1 N–H and O–H groups in total. The van der Waals surface area contributed by atoms with E-state index >= 15 is 0 Å². The third-order valence-corrected chi connectivity index (χ3v) is 0.761. The molecule has 0 radical (unpaired) electrons. The molecule has 0 aliphatic carbocycles. The van der Waals surface area contributed by atoms with Crippen molar-refractivity contribution in [2.45, 2.75) is 19.9 Å². The summed E-state index contributed by atoms with van der Waals surface area (Å²) in [6, 6.07) is 0.506. The Morgan fingerprint density at radius 1 is 1.44 bits per heavy atom. The normalized spacial score (nSPS) is 12.0. The van der Waals surface area contributed by atoms with Crippen LogP contribution in [0.3, 0.4) is 0 Å². The lowest BCUT2D eigenvalue weighted by Gasteiger charge is -2.00. The highest BCUT2D eigenvalue weighted by Crippen LogP contribution is 1.74. The summed E-state index contributed by atoms with van der Waals surface area (Å²) in [7, 11) is 1.75. The summed E-state index contributed by atoms with van der Waals surface area (Å²) in [6.45, 7) is 4.18. The van der Waals surface area contributed by atoms with Gasteiger partial charge in [0, 0.05) is 19.3 Å². The summed E-state index contributed by atoms with van der Waals surface area (Å²) >= 11 is 0. The third kappa shape index (κ3) is 7.21. The molecule has 0 unspecified atom stereocenters. The highest BCUT2D eigenvalue weighted by Gasteiger charge is 1.80. The van der Waals surface area contributed by atoms with Gasteiger partial charge in [-0.2, -0.15) is 0 Å². The summed E-state index contributed by atoms with van der Waals surface area (Å²) in [6.07, 6.45) is 5.51. The zero-order chi connectivity index (χ0) is 7.11. The van der Waals surface area contributed by atoms with Crippen LogP contribution < -0.4 is 5.32 Å². The molecule has 52 valence electrons. The van der Waals surface area contributed by atoms with Crippen molar-refractivity contribution in [1.82, 2.24) is 5.32 Å². The average molecular weight is 126 g/mol. The summed E-state index contributed by atoms with van der Waals surface area (Å²) in [5, 5.41) is 3.11. The van der Waals surface area contributed by atoms with Gasteiger partial charge in [0.05, 0.1) is 0 Å². The first-order valence-electron chi connectivity index (χ1n) is 3.10. The molecule has 0 aromatic carbocycles. The van der Waals surface area contributed by atoms with E-state index in [1.807, 2.05) is 12.3 Å². The van der Waals surface area contributed by atoms with Gasteiger partial charge in [-0.25, -0.2) is 0 Å². The van der Waals surface area contributed by atoms with Crippen LogP contribution in [0.2, 0.25) is 0 Å². The van der Waals surface area contributed by atoms with Crippen LogP contribution in [0.5, 0.6) is 0 Å². The molecule has 9 heavy (non-hydrogen) atoms. The van der Waals surface area contributed by atoms with Gasteiger partial charge >= 0.3 is 0 Å². The Balaban J connectivity index is 3.25. The molecule has 0 rings (SSSR count). The molecular formula is C7H14N2. The van der Waals surface area contributed by atoms with Crippen LogP contribution in [0.25, 0.3) is 0 Å². The van der Waals surface area contributed by atoms with E-state index in [0.717, 1.165) is 0 Å². The van der Waals surface area contributed by atoms with Gasteiger partial charge in [-0.15, -0.1) is 0 Å². The van der Waals surface area contributed by atoms with Gasteiger partial charge in [0.15, 0.2) is 0 Å². The quantitative estimate of drug-likeness (QED) is 0.564. The number of hydrogen-bond donors (Lipinski definition) is 1. The van der Waals surface area contributed by atoms with Gasteiger partial charge in [-0.05, 0) is 26.1 Å². The maximum atomic E-state index is 3.78. The predicted molar refractivity (Wildman–Crippen MR) is 41.8 cm³/mol. The molecule has 0 saturated carbocycles. The summed E-state index contributed by atoms with van der Waals surface area (Å²) < 4.78 is 0. The largest absolute Gasteiger partial charge is 0.389 e. The maximum absolute atomic E-state index is 3.78. The van der Waals surface area contributed by atoms with Gasteiger partial charge in [-0.1, -0.05) is 0 Å². The van der Waals surface area contributed by atoms with E-state index in [1.54, 1.807) is 13.3 Å². The van der Waals surface area contributed by atoms with Crippen LogP contribution in [0.15, 0.2) is 17.3 Å². The van der Waals surface area contributed by atoms with Crippen molar-refractivity contribution in [2.24, 2.45) is 4.99 Å². The highest BCUT2D eigenvalue weighted by atomic mass is 14.9. The van der Waals surface area contributed by atoms with Crippen LogP contribution >= 0.6 is 0 Å². The minimum Gasteiger partial charge on any atom is -0.389 e. The standard InChI is InChI=1S/C7H14N2/c1-7(2)9-6-4-5-8-3/h4-7,9H,1-3H3. The van der Waals surface area contributed by atoms with Crippen molar-refractivity contribution in [1.29, 1.82) is 0 Å². The molecular weight excluding hydrogens is 112 g/mol. The lowest BCUT2D eigenvalue weighted by Crippen LogP contribution is -2.14. The SMILES string of the molecule is CN=CC=CNC(C)C. The second-order valence-electron chi connectivity index (χ2n) is 2.09. The predicted octanol–water partition coefficient (Wildman–Crippen LogP) is 1.20. The zero-order valence-corrected chi connectivity index (χ0v) is 6.26. The number of rotatable bonds is 3. The minimum absolute atomic E-state index is 0.506. The number of nitrogens with one attached hydrogen (secondary N) is 1. The van der Waals surface area contributed by atoms with Gasteiger partial charge < -0.3 is 5.32 Å². The van der Waals surface area contributed by atoms with Crippen molar-refractivity contribution in [3.05, 3.63) is 12.3 Å². The van der Waals surface area contributed by atoms with Crippen molar-refractivity contribution in [3.63, 3.8) is 0 Å². The topological polar surface area (TPSA) is 24.4 Å². The summed E-state index contributed by atoms with van der Waals surface area (Å²) in [5.74, 6) is 0. The van der Waals surface area contributed by atoms with E-state index in [9.17, 15) is 0 Å². The molecule has 0 aliphatic heterocycles. The zero-order valence-electron chi connectivity index (χ0n) is 6.26. The number of allylic oxidation sites excluding steroid dienone is 1. The maximum Gasteiger partial charge on any atom is 0.0277 e. The van der Waals surface area contributed by atoms with Crippen LogP contribution in [-0.2, 0) is 0 Å². The van der Waals surface area contributed by atoms with E-state index in [4.69, 9.17) is 0 Å². The average Bonchev–Trinajstić information content (AvgIpc) is 1.80. The van der Waals surface area contributed by atoms with E-state index < -0.39 is 0 Å². The van der Waals surface area contributed by atoms with Gasteiger partial charge in [0.25, 0.3) is 0 Å². The van der Waals surface area contributed by atoms with E-state index in [1.165, 1.54) is 0 Å². The lowest BCUT2D eigenvalue weighted by molar-refractivity contribution is 0.703. The lowest BCUT2D eigenvalue weighted by atomic mass is 10.4. The Morgan fingerprint density at radius 2 is 2.11 bits per heavy atom. The second-order valence-corrected chi connectivity index (χ2v) is 2.09.